The molecule has 1 saturated heterocycles. The monoisotopic (exact) mass is 233 g/mol. The number of rotatable bonds is 1. The van der Waals surface area contributed by atoms with Crippen molar-refractivity contribution in [3.8, 4) is 0 Å². The van der Waals surface area contributed by atoms with Gasteiger partial charge in [-0.15, -0.1) is 0 Å². The van der Waals surface area contributed by atoms with E-state index < -0.39 is 12.2 Å². The van der Waals surface area contributed by atoms with Crippen molar-refractivity contribution in [3.63, 3.8) is 0 Å². The van der Waals surface area contributed by atoms with Gasteiger partial charge in [-0.05, 0) is 25.3 Å². The number of piperidine rings is 1. The molecule has 0 spiro atoms. The number of alkyl halides is 3. The summed E-state index contributed by atoms with van der Waals surface area (Å²) in [6, 6.07) is 0.130. The van der Waals surface area contributed by atoms with Crippen LogP contribution in [-0.2, 0) is 7.05 Å². The van der Waals surface area contributed by atoms with Crippen LogP contribution in [0.1, 0.15) is 31.0 Å². The van der Waals surface area contributed by atoms with Gasteiger partial charge in [0, 0.05) is 19.3 Å². The molecule has 0 aliphatic carbocycles. The molecule has 1 aromatic heterocycles. The third-order valence-corrected chi connectivity index (χ3v) is 3.00. The second kappa shape index (κ2) is 4.08. The summed E-state index contributed by atoms with van der Waals surface area (Å²) in [5.74, 6) is 0. The van der Waals surface area contributed by atoms with Crippen molar-refractivity contribution in [3.05, 3.63) is 18.0 Å². The molecule has 0 amide bonds. The standard InChI is InChI=1S/C10H14F3N3/c1-16-8(5-6-14-16)7-3-2-4-9(15-7)10(11,12)13/h5-7,9,15H,2-4H2,1H3. The summed E-state index contributed by atoms with van der Waals surface area (Å²) in [6.07, 6.45) is -1.07. The zero-order chi connectivity index (χ0) is 11.8. The van der Waals surface area contributed by atoms with E-state index >= 15 is 0 Å². The van der Waals surface area contributed by atoms with Crippen LogP contribution in [0, 0.1) is 0 Å². The average molecular weight is 233 g/mol. The van der Waals surface area contributed by atoms with E-state index in [-0.39, 0.29) is 12.5 Å². The Balaban J connectivity index is 2.11. The van der Waals surface area contributed by atoms with E-state index in [1.807, 2.05) is 0 Å². The molecular weight excluding hydrogens is 219 g/mol. The lowest BCUT2D eigenvalue weighted by molar-refractivity contribution is -0.163. The normalized spacial score (nSPS) is 27.0. The highest BCUT2D eigenvalue weighted by atomic mass is 19.4. The van der Waals surface area contributed by atoms with Gasteiger partial charge in [0.05, 0.1) is 5.69 Å². The fourth-order valence-electron chi connectivity index (χ4n) is 2.15. The topological polar surface area (TPSA) is 29.9 Å². The van der Waals surface area contributed by atoms with E-state index in [1.165, 1.54) is 0 Å². The second-order valence-corrected chi connectivity index (χ2v) is 4.12. The van der Waals surface area contributed by atoms with E-state index in [0.29, 0.717) is 6.42 Å². The molecule has 1 fully saturated rings. The van der Waals surface area contributed by atoms with Crippen molar-refractivity contribution in [2.45, 2.75) is 37.5 Å². The highest BCUT2D eigenvalue weighted by molar-refractivity contribution is 5.08. The number of hydrogen-bond acceptors (Lipinski definition) is 2. The van der Waals surface area contributed by atoms with Gasteiger partial charge in [0.2, 0.25) is 0 Å². The number of nitrogens with one attached hydrogen (secondary N) is 1. The lowest BCUT2D eigenvalue weighted by Gasteiger charge is -2.32. The van der Waals surface area contributed by atoms with Crippen LogP contribution in [0.5, 0.6) is 0 Å². The largest absolute Gasteiger partial charge is 0.403 e. The molecule has 0 bridgehead atoms. The Kier molecular flexibility index (Phi) is 2.92. The predicted molar refractivity (Wildman–Crippen MR) is 52.8 cm³/mol. The molecular formula is C10H14F3N3. The van der Waals surface area contributed by atoms with E-state index in [0.717, 1.165) is 12.1 Å². The van der Waals surface area contributed by atoms with Gasteiger partial charge in [-0.1, -0.05) is 0 Å². The van der Waals surface area contributed by atoms with Gasteiger partial charge in [-0.2, -0.15) is 18.3 Å². The Hall–Kier alpha value is -1.04. The summed E-state index contributed by atoms with van der Waals surface area (Å²) in [6.45, 7) is 0. The van der Waals surface area contributed by atoms with Crippen molar-refractivity contribution in [2.24, 2.45) is 7.05 Å². The quantitative estimate of drug-likeness (QED) is 0.805. The smallest absolute Gasteiger partial charge is 0.298 e. The van der Waals surface area contributed by atoms with Crippen molar-refractivity contribution in [1.82, 2.24) is 15.1 Å². The molecule has 1 aromatic rings. The van der Waals surface area contributed by atoms with Crippen LogP contribution in [0.25, 0.3) is 0 Å². The highest BCUT2D eigenvalue weighted by Crippen LogP contribution is 2.32. The van der Waals surface area contributed by atoms with Gasteiger partial charge in [-0.25, -0.2) is 0 Å². The molecule has 3 nitrogen and oxygen atoms in total. The van der Waals surface area contributed by atoms with Gasteiger partial charge in [0.25, 0.3) is 0 Å². The molecule has 6 heteroatoms. The van der Waals surface area contributed by atoms with E-state index in [4.69, 9.17) is 0 Å². The minimum absolute atomic E-state index is 0.165. The molecule has 0 radical (unpaired) electrons. The fourth-order valence-corrected chi connectivity index (χ4v) is 2.15. The third-order valence-electron chi connectivity index (χ3n) is 3.00. The Morgan fingerprint density at radius 1 is 1.44 bits per heavy atom. The molecule has 0 aromatic carbocycles. The van der Waals surface area contributed by atoms with Crippen LogP contribution in [0.3, 0.4) is 0 Å². The molecule has 90 valence electrons. The minimum Gasteiger partial charge on any atom is -0.298 e. The molecule has 2 unspecified atom stereocenters. The minimum atomic E-state index is -4.16. The van der Waals surface area contributed by atoms with Gasteiger partial charge in [0.15, 0.2) is 0 Å². The zero-order valence-electron chi connectivity index (χ0n) is 8.96. The molecule has 2 atom stereocenters. The van der Waals surface area contributed by atoms with Crippen LogP contribution in [0.4, 0.5) is 13.2 Å². The maximum atomic E-state index is 12.6. The predicted octanol–water partition coefficient (Wildman–Crippen LogP) is 2.17. The molecule has 2 rings (SSSR count). The Morgan fingerprint density at radius 3 is 2.75 bits per heavy atom. The molecule has 16 heavy (non-hydrogen) atoms. The Morgan fingerprint density at radius 2 is 2.19 bits per heavy atom. The summed E-state index contributed by atoms with van der Waals surface area (Å²) in [7, 11) is 1.74. The first-order valence-electron chi connectivity index (χ1n) is 5.29. The zero-order valence-corrected chi connectivity index (χ0v) is 8.96. The van der Waals surface area contributed by atoms with E-state index in [2.05, 4.69) is 10.4 Å². The molecule has 0 saturated carbocycles. The van der Waals surface area contributed by atoms with Crippen LogP contribution >= 0.6 is 0 Å². The van der Waals surface area contributed by atoms with Crippen molar-refractivity contribution in [2.75, 3.05) is 0 Å². The average Bonchev–Trinajstić information content (AvgIpc) is 2.63. The number of hydrogen-bond donors (Lipinski definition) is 1. The Bertz CT molecular complexity index is 358. The molecule has 2 heterocycles. The molecule has 1 aliphatic heterocycles. The summed E-state index contributed by atoms with van der Waals surface area (Å²) in [5, 5.41) is 6.63. The van der Waals surface area contributed by atoms with Crippen molar-refractivity contribution in [1.29, 1.82) is 0 Å². The van der Waals surface area contributed by atoms with Crippen LogP contribution in [0.2, 0.25) is 0 Å². The summed E-state index contributed by atoms with van der Waals surface area (Å²) < 4.78 is 39.3. The number of halogens is 3. The SMILES string of the molecule is Cn1nccc1C1CCCC(C(F)(F)F)N1. The highest BCUT2D eigenvalue weighted by Gasteiger charge is 2.42. The fraction of sp³-hybridized carbons (Fsp3) is 0.700. The van der Waals surface area contributed by atoms with E-state index in [1.54, 1.807) is 24.0 Å². The first kappa shape index (κ1) is 11.4. The van der Waals surface area contributed by atoms with Crippen LogP contribution in [0.15, 0.2) is 12.3 Å². The summed E-state index contributed by atoms with van der Waals surface area (Å²) in [4.78, 5) is 0. The van der Waals surface area contributed by atoms with Crippen molar-refractivity contribution >= 4 is 0 Å². The van der Waals surface area contributed by atoms with Crippen molar-refractivity contribution < 1.29 is 13.2 Å². The maximum absolute atomic E-state index is 12.6. The number of aromatic nitrogens is 2. The van der Waals surface area contributed by atoms with Gasteiger partial charge >= 0.3 is 6.18 Å². The van der Waals surface area contributed by atoms with Gasteiger partial charge in [0.1, 0.15) is 6.04 Å². The molecule has 1 aliphatic rings. The first-order valence-corrected chi connectivity index (χ1v) is 5.29. The number of nitrogens with zero attached hydrogens (tertiary/aromatic N) is 2. The van der Waals surface area contributed by atoms with Gasteiger partial charge in [-0.3, -0.25) is 10.00 Å². The van der Waals surface area contributed by atoms with Crippen LogP contribution < -0.4 is 5.32 Å². The summed E-state index contributed by atoms with van der Waals surface area (Å²) in [5.41, 5.74) is 0.814. The third kappa shape index (κ3) is 2.21. The maximum Gasteiger partial charge on any atom is 0.403 e. The second-order valence-electron chi connectivity index (χ2n) is 4.12. The lowest BCUT2D eigenvalue weighted by atomic mass is 9.96. The van der Waals surface area contributed by atoms with E-state index in [9.17, 15) is 13.2 Å². The lowest BCUT2D eigenvalue weighted by Crippen LogP contribution is -2.47. The molecule has 1 N–H and O–H groups in total. The van der Waals surface area contributed by atoms with Crippen LogP contribution in [-0.4, -0.2) is 22.0 Å². The summed E-state index contributed by atoms with van der Waals surface area (Å²) >= 11 is 0. The first-order chi connectivity index (χ1) is 7.48. The Labute approximate surface area is 91.6 Å². The van der Waals surface area contributed by atoms with Gasteiger partial charge < -0.3 is 0 Å². The number of aryl methyl sites for hydroxylation is 1.